The SMILES string of the molecule is Cc1ccc2oc(C(=O)Nc3ccc(Br)cn3)cc2c1. The van der Waals surface area contributed by atoms with E-state index in [1.54, 1.807) is 18.3 Å². The Morgan fingerprint density at radius 3 is 2.85 bits per heavy atom. The summed E-state index contributed by atoms with van der Waals surface area (Å²) in [5.41, 5.74) is 1.82. The zero-order chi connectivity index (χ0) is 14.1. The lowest BCUT2D eigenvalue weighted by molar-refractivity contribution is 0.0998. The lowest BCUT2D eigenvalue weighted by atomic mass is 10.2. The number of halogens is 1. The van der Waals surface area contributed by atoms with Gasteiger partial charge in [-0.3, -0.25) is 4.79 Å². The smallest absolute Gasteiger partial charge is 0.292 e. The van der Waals surface area contributed by atoms with Gasteiger partial charge in [0.1, 0.15) is 11.4 Å². The number of amides is 1. The molecule has 5 heteroatoms. The maximum Gasteiger partial charge on any atom is 0.292 e. The van der Waals surface area contributed by atoms with Gasteiger partial charge < -0.3 is 9.73 Å². The van der Waals surface area contributed by atoms with Crippen molar-refractivity contribution in [2.45, 2.75) is 6.92 Å². The molecule has 3 rings (SSSR count). The second-order valence-electron chi connectivity index (χ2n) is 4.47. The molecule has 3 aromatic rings. The van der Waals surface area contributed by atoms with Crippen molar-refractivity contribution in [3.05, 3.63) is 58.4 Å². The molecule has 20 heavy (non-hydrogen) atoms. The summed E-state index contributed by atoms with van der Waals surface area (Å²) >= 11 is 3.29. The number of carbonyl (C=O) groups excluding carboxylic acids is 1. The summed E-state index contributed by atoms with van der Waals surface area (Å²) in [4.78, 5) is 16.2. The van der Waals surface area contributed by atoms with Crippen LogP contribution in [0, 0.1) is 6.92 Å². The number of furan rings is 1. The third-order valence-corrected chi connectivity index (χ3v) is 3.33. The number of benzene rings is 1. The van der Waals surface area contributed by atoms with E-state index in [2.05, 4.69) is 26.2 Å². The summed E-state index contributed by atoms with van der Waals surface area (Å²) in [6.45, 7) is 2.00. The quantitative estimate of drug-likeness (QED) is 0.767. The number of hydrogen-bond donors (Lipinski definition) is 1. The zero-order valence-electron chi connectivity index (χ0n) is 10.7. The van der Waals surface area contributed by atoms with E-state index in [-0.39, 0.29) is 11.7 Å². The molecule has 1 aromatic carbocycles. The highest BCUT2D eigenvalue weighted by Crippen LogP contribution is 2.21. The van der Waals surface area contributed by atoms with Gasteiger partial charge in [0.25, 0.3) is 5.91 Å². The Bertz CT molecular complexity index is 778. The Kier molecular flexibility index (Phi) is 3.28. The summed E-state index contributed by atoms with van der Waals surface area (Å²) in [5, 5.41) is 3.61. The lowest BCUT2D eigenvalue weighted by Gasteiger charge is -2.01. The zero-order valence-corrected chi connectivity index (χ0v) is 12.3. The molecular formula is C15H11BrN2O2. The number of nitrogens with one attached hydrogen (secondary N) is 1. The average molecular weight is 331 g/mol. The Hall–Kier alpha value is -2.14. The van der Waals surface area contributed by atoms with Gasteiger partial charge in [-0.25, -0.2) is 4.98 Å². The van der Waals surface area contributed by atoms with Crippen LogP contribution in [-0.4, -0.2) is 10.9 Å². The van der Waals surface area contributed by atoms with Crippen molar-refractivity contribution in [3.63, 3.8) is 0 Å². The van der Waals surface area contributed by atoms with Crippen LogP contribution in [0.25, 0.3) is 11.0 Å². The standard InChI is InChI=1S/C15H11BrN2O2/c1-9-2-4-12-10(6-9)7-13(20-12)15(19)18-14-5-3-11(16)8-17-14/h2-8H,1H3,(H,17,18,19). The summed E-state index contributed by atoms with van der Waals surface area (Å²) in [6, 6.07) is 11.0. The molecule has 0 saturated heterocycles. The van der Waals surface area contributed by atoms with E-state index < -0.39 is 0 Å². The second-order valence-corrected chi connectivity index (χ2v) is 5.38. The van der Waals surface area contributed by atoms with E-state index in [1.165, 1.54) is 0 Å². The number of aromatic nitrogens is 1. The van der Waals surface area contributed by atoms with Crippen LogP contribution >= 0.6 is 15.9 Å². The van der Waals surface area contributed by atoms with Crippen molar-refractivity contribution in [1.29, 1.82) is 0 Å². The topological polar surface area (TPSA) is 55.1 Å². The molecule has 0 spiro atoms. The van der Waals surface area contributed by atoms with Crippen LogP contribution in [0.5, 0.6) is 0 Å². The van der Waals surface area contributed by atoms with Crippen molar-refractivity contribution < 1.29 is 9.21 Å². The monoisotopic (exact) mass is 330 g/mol. The third kappa shape index (κ3) is 2.58. The molecule has 100 valence electrons. The first-order valence-corrected chi connectivity index (χ1v) is 6.84. The first-order valence-electron chi connectivity index (χ1n) is 6.05. The van der Waals surface area contributed by atoms with Gasteiger partial charge in [0, 0.05) is 16.1 Å². The molecule has 1 N–H and O–H groups in total. The van der Waals surface area contributed by atoms with E-state index in [4.69, 9.17) is 4.42 Å². The van der Waals surface area contributed by atoms with Gasteiger partial charge in [-0.05, 0) is 53.2 Å². The molecule has 1 amide bonds. The predicted molar refractivity (Wildman–Crippen MR) is 80.8 cm³/mol. The molecule has 0 saturated carbocycles. The molecule has 2 aromatic heterocycles. The van der Waals surface area contributed by atoms with Crippen molar-refractivity contribution in [2.24, 2.45) is 0 Å². The van der Waals surface area contributed by atoms with Crippen LogP contribution in [0.3, 0.4) is 0 Å². The van der Waals surface area contributed by atoms with Crippen LogP contribution < -0.4 is 5.32 Å². The molecule has 2 heterocycles. The van der Waals surface area contributed by atoms with E-state index in [1.807, 2.05) is 31.2 Å². The van der Waals surface area contributed by atoms with Crippen LogP contribution in [0.1, 0.15) is 16.1 Å². The first kappa shape index (κ1) is 12.9. The molecule has 0 fully saturated rings. The van der Waals surface area contributed by atoms with E-state index in [0.29, 0.717) is 11.4 Å². The number of anilines is 1. The molecule has 0 radical (unpaired) electrons. The number of aryl methyl sites for hydroxylation is 1. The number of fused-ring (bicyclic) bond motifs is 1. The number of nitrogens with zero attached hydrogens (tertiary/aromatic N) is 1. The molecular weight excluding hydrogens is 320 g/mol. The summed E-state index contributed by atoms with van der Waals surface area (Å²) in [6.07, 6.45) is 1.62. The highest BCUT2D eigenvalue weighted by atomic mass is 79.9. The van der Waals surface area contributed by atoms with Gasteiger partial charge >= 0.3 is 0 Å². The molecule has 0 bridgehead atoms. The number of pyridine rings is 1. The maximum absolute atomic E-state index is 12.1. The van der Waals surface area contributed by atoms with Crippen LogP contribution in [0.4, 0.5) is 5.82 Å². The Labute approximate surface area is 123 Å². The van der Waals surface area contributed by atoms with Crippen LogP contribution in [-0.2, 0) is 0 Å². The largest absolute Gasteiger partial charge is 0.451 e. The van der Waals surface area contributed by atoms with Crippen molar-refractivity contribution in [2.75, 3.05) is 5.32 Å². The highest BCUT2D eigenvalue weighted by Gasteiger charge is 2.13. The number of hydrogen-bond acceptors (Lipinski definition) is 3. The van der Waals surface area contributed by atoms with Crippen molar-refractivity contribution >= 4 is 38.6 Å². The van der Waals surface area contributed by atoms with Gasteiger partial charge in [0.2, 0.25) is 0 Å². The molecule has 0 aliphatic heterocycles. The molecule has 0 aliphatic carbocycles. The number of rotatable bonds is 2. The van der Waals surface area contributed by atoms with E-state index in [9.17, 15) is 4.79 Å². The fourth-order valence-corrected chi connectivity index (χ4v) is 2.14. The van der Waals surface area contributed by atoms with E-state index in [0.717, 1.165) is 15.4 Å². The molecule has 0 unspecified atom stereocenters. The minimum absolute atomic E-state index is 0.273. The van der Waals surface area contributed by atoms with Gasteiger partial charge in [0.15, 0.2) is 5.76 Å². The molecule has 0 atom stereocenters. The minimum atomic E-state index is -0.311. The van der Waals surface area contributed by atoms with Crippen molar-refractivity contribution in [3.8, 4) is 0 Å². The second kappa shape index (κ2) is 5.09. The van der Waals surface area contributed by atoms with Gasteiger partial charge in [-0.1, -0.05) is 11.6 Å². The van der Waals surface area contributed by atoms with E-state index >= 15 is 0 Å². The van der Waals surface area contributed by atoms with Crippen LogP contribution in [0.15, 0.2) is 51.5 Å². The fourth-order valence-electron chi connectivity index (χ4n) is 1.90. The Morgan fingerprint density at radius 1 is 1.25 bits per heavy atom. The molecule has 4 nitrogen and oxygen atoms in total. The fraction of sp³-hybridized carbons (Fsp3) is 0.0667. The minimum Gasteiger partial charge on any atom is -0.451 e. The first-order chi connectivity index (χ1) is 9.61. The van der Waals surface area contributed by atoms with Gasteiger partial charge in [0.05, 0.1) is 0 Å². The predicted octanol–water partition coefficient (Wildman–Crippen LogP) is 4.15. The number of carbonyl (C=O) groups is 1. The summed E-state index contributed by atoms with van der Waals surface area (Å²) in [7, 11) is 0. The Morgan fingerprint density at radius 2 is 2.10 bits per heavy atom. The average Bonchev–Trinajstić information content (AvgIpc) is 2.84. The normalized spacial score (nSPS) is 10.7. The van der Waals surface area contributed by atoms with Crippen molar-refractivity contribution in [1.82, 2.24) is 4.98 Å². The third-order valence-electron chi connectivity index (χ3n) is 2.86. The highest BCUT2D eigenvalue weighted by molar-refractivity contribution is 9.10. The lowest BCUT2D eigenvalue weighted by Crippen LogP contribution is -2.11. The molecule has 0 aliphatic rings. The van der Waals surface area contributed by atoms with Gasteiger partial charge in [-0.2, -0.15) is 0 Å². The van der Waals surface area contributed by atoms with Crippen LogP contribution in [0.2, 0.25) is 0 Å². The maximum atomic E-state index is 12.1. The Balaban J connectivity index is 1.86. The van der Waals surface area contributed by atoms with Gasteiger partial charge in [-0.15, -0.1) is 0 Å². The summed E-state index contributed by atoms with van der Waals surface area (Å²) < 4.78 is 6.39. The summed E-state index contributed by atoms with van der Waals surface area (Å²) in [5.74, 6) is 0.443.